The summed E-state index contributed by atoms with van der Waals surface area (Å²) in [7, 11) is 3.74. The Hall–Kier alpha value is -2.37. The van der Waals surface area contributed by atoms with E-state index in [1.165, 1.54) is 4.90 Å². The summed E-state index contributed by atoms with van der Waals surface area (Å²) in [6.07, 6.45) is -4.64. The Morgan fingerprint density at radius 1 is 1.08 bits per heavy atom. The van der Waals surface area contributed by atoms with Crippen LogP contribution in [0.5, 0.6) is 0 Å². The molecule has 5 amide bonds. The van der Waals surface area contributed by atoms with Crippen LogP contribution >= 0.6 is 0 Å². The molecule has 4 atom stereocenters. The molecule has 1 aliphatic heterocycles. The first kappa shape index (κ1) is 29.9. The van der Waals surface area contributed by atoms with Gasteiger partial charge in [0.15, 0.2) is 0 Å². The van der Waals surface area contributed by atoms with E-state index in [1.807, 2.05) is 38.2 Å². The lowest BCUT2D eigenvalue weighted by Gasteiger charge is -2.38. The summed E-state index contributed by atoms with van der Waals surface area (Å²) in [5.74, 6) is -3.80. The predicted molar refractivity (Wildman–Crippen MR) is 128 cm³/mol. The number of nitrogens with zero attached hydrogens (tertiary/aromatic N) is 3. The van der Waals surface area contributed by atoms with E-state index in [1.54, 1.807) is 27.7 Å². The highest BCUT2D eigenvalue weighted by atomic mass is 19.4. The normalized spacial score (nSPS) is 23.7. The number of alkyl halides is 3. The molecular formula is C24H40F3N5O4. The molecule has 0 radical (unpaired) electrons. The molecule has 1 saturated carbocycles. The van der Waals surface area contributed by atoms with E-state index >= 15 is 0 Å². The fourth-order valence-electron chi connectivity index (χ4n) is 5.09. The first-order chi connectivity index (χ1) is 16.4. The fraction of sp³-hybridized carbons (Fsp3) is 0.833. The minimum Gasteiger partial charge on any atom is -0.338 e. The van der Waals surface area contributed by atoms with E-state index in [0.717, 1.165) is 4.90 Å². The molecule has 2 fully saturated rings. The van der Waals surface area contributed by atoms with Gasteiger partial charge in [-0.1, -0.05) is 34.6 Å². The van der Waals surface area contributed by atoms with Crippen LogP contribution < -0.4 is 10.6 Å². The second-order valence-corrected chi connectivity index (χ2v) is 11.6. The van der Waals surface area contributed by atoms with Crippen LogP contribution in [0.3, 0.4) is 0 Å². The molecule has 9 nitrogen and oxygen atoms in total. The van der Waals surface area contributed by atoms with Gasteiger partial charge in [0.1, 0.15) is 12.1 Å². The minimum absolute atomic E-state index is 0.0350. The summed E-state index contributed by atoms with van der Waals surface area (Å²) in [5.41, 5.74) is -1.32. The Bertz CT molecular complexity index is 869. The van der Waals surface area contributed by atoms with E-state index in [9.17, 15) is 32.3 Å². The lowest BCUT2D eigenvalue weighted by Crippen LogP contribution is -2.61. The van der Waals surface area contributed by atoms with E-state index in [2.05, 4.69) is 5.32 Å². The van der Waals surface area contributed by atoms with Gasteiger partial charge in [-0.3, -0.25) is 19.3 Å². The molecule has 0 spiro atoms. The van der Waals surface area contributed by atoms with Crippen LogP contribution in [0.4, 0.5) is 18.0 Å². The van der Waals surface area contributed by atoms with Crippen LogP contribution in [0.1, 0.15) is 48.0 Å². The highest BCUT2D eigenvalue weighted by molar-refractivity contribution is 6.01. The summed E-state index contributed by atoms with van der Waals surface area (Å²) in [5, 5.41) is 4.48. The number of piperidine rings is 1. The van der Waals surface area contributed by atoms with Gasteiger partial charge in [0.25, 0.3) is 5.91 Å². The number of nitrogens with one attached hydrogen (secondary N) is 2. The third kappa shape index (κ3) is 6.30. The van der Waals surface area contributed by atoms with Crippen molar-refractivity contribution in [3.63, 3.8) is 0 Å². The number of hydrogen-bond donors (Lipinski definition) is 2. The van der Waals surface area contributed by atoms with Gasteiger partial charge < -0.3 is 20.4 Å². The van der Waals surface area contributed by atoms with E-state index in [4.69, 9.17) is 0 Å². The zero-order valence-corrected chi connectivity index (χ0v) is 22.5. The summed E-state index contributed by atoms with van der Waals surface area (Å²) in [6, 6.07) is -3.09. The number of carbonyl (C=O) groups is 4. The maximum absolute atomic E-state index is 13.8. The van der Waals surface area contributed by atoms with E-state index in [-0.39, 0.29) is 30.3 Å². The van der Waals surface area contributed by atoms with Crippen LogP contribution in [0.25, 0.3) is 0 Å². The van der Waals surface area contributed by atoms with Crippen molar-refractivity contribution < 1.29 is 32.3 Å². The summed E-state index contributed by atoms with van der Waals surface area (Å²) < 4.78 is 39.0. The van der Waals surface area contributed by atoms with Crippen LogP contribution in [0.15, 0.2) is 0 Å². The van der Waals surface area contributed by atoms with Gasteiger partial charge in [0.2, 0.25) is 5.91 Å². The standard InChI is InChI=1S/C24H40F3N5O4/c1-9-28-21(36)31(12-10-11-30(7)8)18(33)16-15-14(23(15,5)6)13-32(16)19(34)17(22(2,3)4)29-20(35)24(25,26)27/h14-17H,9-13H2,1-8H3,(H,28,36)(H,29,35)/t14-,15-,16-,17+/m0/s1. The minimum atomic E-state index is -5.16. The molecule has 12 heteroatoms. The molecule has 2 aliphatic rings. The van der Waals surface area contributed by atoms with Crippen molar-refractivity contribution in [3.8, 4) is 0 Å². The molecule has 2 N–H and O–H groups in total. The molecule has 0 aromatic heterocycles. The van der Waals surface area contributed by atoms with E-state index < -0.39 is 47.4 Å². The monoisotopic (exact) mass is 519 g/mol. The molecule has 2 rings (SSSR count). The van der Waals surface area contributed by atoms with Gasteiger partial charge in [0, 0.05) is 19.6 Å². The molecule has 0 bridgehead atoms. The molecule has 1 saturated heterocycles. The Morgan fingerprint density at radius 2 is 1.67 bits per heavy atom. The topological polar surface area (TPSA) is 102 Å². The number of amides is 5. The Labute approximate surface area is 211 Å². The number of hydrogen-bond acceptors (Lipinski definition) is 5. The van der Waals surface area contributed by atoms with E-state index in [0.29, 0.717) is 19.5 Å². The third-order valence-corrected chi connectivity index (χ3v) is 7.22. The maximum Gasteiger partial charge on any atom is 0.471 e. The maximum atomic E-state index is 13.8. The zero-order valence-electron chi connectivity index (χ0n) is 22.5. The van der Waals surface area contributed by atoms with Crippen LogP contribution in [-0.2, 0) is 14.4 Å². The number of likely N-dealkylation sites (tertiary alicyclic amines) is 1. The zero-order chi connectivity index (χ0) is 27.8. The second-order valence-electron chi connectivity index (χ2n) is 11.6. The van der Waals surface area contributed by atoms with Crippen molar-refractivity contribution in [3.05, 3.63) is 0 Å². The second kappa shape index (κ2) is 10.5. The van der Waals surface area contributed by atoms with Crippen molar-refractivity contribution >= 4 is 23.8 Å². The average molecular weight is 520 g/mol. The lowest BCUT2D eigenvalue weighted by molar-refractivity contribution is -0.176. The molecule has 1 heterocycles. The number of urea groups is 1. The number of fused-ring (bicyclic) bond motifs is 1. The van der Waals surface area contributed by atoms with Gasteiger partial charge in [0.05, 0.1) is 0 Å². The Morgan fingerprint density at radius 3 is 2.14 bits per heavy atom. The molecule has 0 aromatic rings. The summed E-state index contributed by atoms with van der Waals surface area (Å²) in [6.45, 7) is 11.5. The quantitative estimate of drug-likeness (QED) is 0.511. The van der Waals surface area contributed by atoms with Crippen molar-refractivity contribution in [2.75, 3.05) is 40.3 Å². The molecule has 0 unspecified atom stereocenters. The summed E-state index contributed by atoms with van der Waals surface area (Å²) >= 11 is 0. The van der Waals surface area contributed by atoms with Gasteiger partial charge in [-0.25, -0.2) is 4.79 Å². The van der Waals surface area contributed by atoms with Gasteiger partial charge in [-0.15, -0.1) is 0 Å². The van der Waals surface area contributed by atoms with Crippen molar-refractivity contribution in [1.29, 1.82) is 0 Å². The molecule has 206 valence electrons. The van der Waals surface area contributed by atoms with Crippen molar-refractivity contribution in [1.82, 2.24) is 25.3 Å². The van der Waals surface area contributed by atoms with Crippen LogP contribution in [0.2, 0.25) is 0 Å². The Kier molecular flexibility index (Phi) is 8.75. The van der Waals surface area contributed by atoms with Crippen LogP contribution in [0, 0.1) is 22.7 Å². The molecule has 0 aromatic carbocycles. The molecule has 1 aliphatic carbocycles. The third-order valence-electron chi connectivity index (χ3n) is 7.22. The highest BCUT2D eigenvalue weighted by Gasteiger charge is 2.70. The number of carbonyl (C=O) groups excluding carboxylic acids is 4. The number of halogens is 3. The smallest absolute Gasteiger partial charge is 0.338 e. The average Bonchev–Trinajstić information content (AvgIpc) is 3.07. The number of rotatable bonds is 8. The molecular weight excluding hydrogens is 479 g/mol. The lowest BCUT2D eigenvalue weighted by atomic mass is 9.85. The van der Waals surface area contributed by atoms with Gasteiger partial charge >= 0.3 is 18.1 Å². The Balaban J connectivity index is 2.39. The first-order valence-corrected chi connectivity index (χ1v) is 12.3. The summed E-state index contributed by atoms with van der Waals surface area (Å²) in [4.78, 5) is 56.3. The van der Waals surface area contributed by atoms with Gasteiger partial charge in [-0.2, -0.15) is 13.2 Å². The first-order valence-electron chi connectivity index (χ1n) is 12.3. The SMILES string of the molecule is CCNC(=O)N(CCCN(C)C)C(=O)[C@@H]1[C@@H]2[C@H](CN1C(=O)[C@@H](NC(=O)C(F)(F)F)C(C)(C)C)C2(C)C. The van der Waals surface area contributed by atoms with Crippen molar-refractivity contribution in [2.24, 2.45) is 22.7 Å². The highest BCUT2D eigenvalue weighted by Crippen LogP contribution is 2.65. The van der Waals surface area contributed by atoms with Crippen molar-refractivity contribution in [2.45, 2.75) is 66.2 Å². The number of imide groups is 1. The molecule has 36 heavy (non-hydrogen) atoms. The van der Waals surface area contributed by atoms with Gasteiger partial charge in [-0.05, 0) is 56.7 Å². The predicted octanol–water partition coefficient (Wildman–Crippen LogP) is 2.07. The largest absolute Gasteiger partial charge is 0.471 e. The fourth-order valence-corrected chi connectivity index (χ4v) is 5.09. The van der Waals surface area contributed by atoms with Crippen LogP contribution in [-0.4, -0.2) is 97.0 Å².